The number of rotatable bonds is 7. The van der Waals surface area contributed by atoms with Gasteiger partial charge in [-0.05, 0) is 30.5 Å². The number of amides is 1. The lowest BCUT2D eigenvalue weighted by Crippen LogP contribution is -2.30. The predicted molar refractivity (Wildman–Crippen MR) is 80.8 cm³/mol. The molecule has 0 bridgehead atoms. The van der Waals surface area contributed by atoms with Crippen LogP contribution in [0.5, 0.6) is 5.75 Å². The fraction of sp³-hybridized carbons (Fsp3) is 0.467. The lowest BCUT2D eigenvalue weighted by atomic mass is 10.1. The van der Waals surface area contributed by atoms with E-state index in [2.05, 4.69) is 19.2 Å². The van der Waals surface area contributed by atoms with Crippen molar-refractivity contribution in [1.29, 1.82) is 0 Å². The summed E-state index contributed by atoms with van der Waals surface area (Å²) in [6, 6.07) is 4.62. The van der Waals surface area contributed by atoms with Gasteiger partial charge in [-0.15, -0.1) is 0 Å². The summed E-state index contributed by atoms with van der Waals surface area (Å²) in [6.07, 6.45) is 0.877. The largest absolute Gasteiger partial charge is 0.496 e. The number of nitrogens with one attached hydrogen (secondary N) is 1. The highest BCUT2D eigenvalue weighted by Gasteiger charge is 2.15. The van der Waals surface area contributed by atoms with E-state index in [1.54, 1.807) is 12.1 Å². The number of ether oxygens (including phenoxy) is 2. The summed E-state index contributed by atoms with van der Waals surface area (Å²) < 4.78 is 10.0. The molecule has 0 atom stereocenters. The SMILES string of the molecule is COc1ccc(Cl)cc1C(=O)OCC(=O)NCCC(C)C. The minimum absolute atomic E-state index is 0.194. The lowest BCUT2D eigenvalue weighted by Gasteiger charge is -2.10. The zero-order valence-corrected chi connectivity index (χ0v) is 13.2. The molecule has 0 aliphatic rings. The van der Waals surface area contributed by atoms with Crippen LogP contribution in [0, 0.1) is 5.92 Å². The van der Waals surface area contributed by atoms with Gasteiger partial charge in [0.15, 0.2) is 6.61 Å². The summed E-state index contributed by atoms with van der Waals surface area (Å²) in [6.45, 7) is 4.37. The molecule has 1 aromatic carbocycles. The van der Waals surface area contributed by atoms with E-state index in [1.165, 1.54) is 13.2 Å². The maximum absolute atomic E-state index is 11.9. The van der Waals surface area contributed by atoms with Gasteiger partial charge in [0.05, 0.1) is 7.11 Å². The second-order valence-electron chi connectivity index (χ2n) is 4.95. The van der Waals surface area contributed by atoms with E-state index in [0.29, 0.717) is 23.2 Å². The molecule has 1 amide bonds. The Hall–Kier alpha value is -1.75. The number of hydrogen-bond donors (Lipinski definition) is 1. The standard InChI is InChI=1S/C15H20ClNO4/c1-10(2)6-7-17-14(18)9-21-15(19)12-8-11(16)4-5-13(12)20-3/h4-5,8,10H,6-7,9H2,1-3H3,(H,17,18). The Balaban J connectivity index is 2.50. The molecule has 0 aromatic heterocycles. The third-order valence-electron chi connectivity index (χ3n) is 2.76. The van der Waals surface area contributed by atoms with Crippen molar-refractivity contribution in [3.05, 3.63) is 28.8 Å². The van der Waals surface area contributed by atoms with E-state index in [9.17, 15) is 9.59 Å². The highest BCUT2D eigenvalue weighted by Crippen LogP contribution is 2.23. The van der Waals surface area contributed by atoms with Crippen LogP contribution < -0.4 is 10.1 Å². The summed E-state index contributed by atoms with van der Waals surface area (Å²) >= 11 is 5.84. The first kappa shape index (κ1) is 17.3. The number of methoxy groups -OCH3 is 1. The van der Waals surface area contributed by atoms with Crippen molar-refractivity contribution in [1.82, 2.24) is 5.32 Å². The Morgan fingerprint density at radius 3 is 2.67 bits per heavy atom. The van der Waals surface area contributed by atoms with Crippen LogP contribution in [-0.4, -0.2) is 32.1 Å². The third kappa shape index (κ3) is 6.04. The number of esters is 1. The van der Waals surface area contributed by atoms with Crippen molar-refractivity contribution >= 4 is 23.5 Å². The Labute approximate surface area is 129 Å². The van der Waals surface area contributed by atoms with Crippen LogP contribution in [0.1, 0.15) is 30.6 Å². The molecule has 0 aliphatic heterocycles. The van der Waals surface area contributed by atoms with Gasteiger partial charge < -0.3 is 14.8 Å². The van der Waals surface area contributed by atoms with Crippen LogP contribution in [0.4, 0.5) is 0 Å². The monoisotopic (exact) mass is 313 g/mol. The minimum atomic E-state index is -0.645. The van der Waals surface area contributed by atoms with Crippen molar-refractivity contribution in [2.75, 3.05) is 20.3 Å². The van der Waals surface area contributed by atoms with Gasteiger partial charge in [-0.2, -0.15) is 0 Å². The van der Waals surface area contributed by atoms with Gasteiger partial charge in [-0.3, -0.25) is 4.79 Å². The molecule has 0 unspecified atom stereocenters. The molecular formula is C15H20ClNO4. The van der Waals surface area contributed by atoms with E-state index >= 15 is 0 Å². The van der Waals surface area contributed by atoms with E-state index < -0.39 is 5.97 Å². The van der Waals surface area contributed by atoms with Crippen molar-refractivity contribution in [3.63, 3.8) is 0 Å². The zero-order valence-electron chi connectivity index (χ0n) is 12.4. The van der Waals surface area contributed by atoms with E-state index in [-0.39, 0.29) is 18.1 Å². The second kappa shape index (κ2) is 8.52. The van der Waals surface area contributed by atoms with Crippen LogP contribution in [0.3, 0.4) is 0 Å². The number of hydrogen-bond acceptors (Lipinski definition) is 4. The van der Waals surface area contributed by atoms with E-state index in [4.69, 9.17) is 21.1 Å². The number of benzene rings is 1. The van der Waals surface area contributed by atoms with Gasteiger partial charge >= 0.3 is 5.97 Å². The van der Waals surface area contributed by atoms with Crippen LogP contribution in [-0.2, 0) is 9.53 Å². The van der Waals surface area contributed by atoms with Crippen LogP contribution in [0.25, 0.3) is 0 Å². The van der Waals surface area contributed by atoms with Crippen LogP contribution in [0.15, 0.2) is 18.2 Å². The third-order valence-corrected chi connectivity index (χ3v) is 2.99. The minimum Gasteiger partial charge on any atom is -0.496 e. The zero-order chi connectivity index (χ0) is 15.8. The van der Waals surface area contributed by atoms with Crippen molar-refractivity contribution < 1.29 is 19.1 Å². The maximum atomic E-state index is 11.9. The normalized spacial score (nSPS) is 10.3. The number of carbonyl (C=O) groups excluding carboxylic acids is 2. The summed E-state index contributed by atoms with van der Waals surface area (Å²) in [5.41, 5.74) is 0.194. The molecule has 0 saturated heterocycles. The van der Waals surface area contributed by atoms with Crippen molar-refractivity contribution in [3.8, 4) is 5.75 Å². The Bertz CT molecular complexity index is 502. The first-order chi connectivity index (χ1) is 9.93. The summed E-state index contributed by atoms with van der Waals surface area (Å²) in [4.78, 5) is 23.5. The summed E-state index contributed by atoms with van der Waals surface area (Å²) in [5.74, 6) is -0.119. The molecular weight excluding hydrogens is 294 g/mol. The Morgan fingerprint density at radius 2 is 2.05 bits per heavy atom. The fourth-order valence-corrected chi connectivity index (χ4v) is 1.77. The Kier molecular flexibility index (Phi) is 7.02. The van der Waals surface area contributed by atoms with Crippen molar-refractivity contribution in [2.24, 2.45) is 5.92 Å². The molecule has 0 radical (unpaired) electrons. The Morgan fingerprint density at radius 1 is 1.33 bits per heavy atom. The predicted octanol–water partition coefficient (Wildman–Crippen LogP) is 2.67. The molecule has 0 fully saturated rings. The topological polar surface area (TPSA) is 64.6 Å². The quantitative estimate of drug-likeness (QED) is 0.786. The fourth-order valence-electron chi connectivity index (χ4n) is 1.60. The molecule has 0 spiro atoms. The first-order valence-electron chi connectivity index (χ1n) is 6.71. The first-order valence-corrected chi connectivity index (χ1v) is 7.09. The smallest absolute Gasteiger partial charge is 0.342 e. The highest BCUT2D eigenvalue weighted by molar-refractivity contribution is 6.31. The molecule has 21 heavy (non-hydrogen) atoms. The second-order valence-corrected chi connectivity index (χ2v) is 5.39. The van der Waals surface area contributed by atoms with E-state index in [0.717, 1.165) is 6.42 Å². The van der Waals surface area contributed by atoms with Gasteiger partial charge in [0.1, 0.15) is 11.3 Å². The molecule has 6 heteroatoms. The van der Waals surface area contributed by atoms with Crippen molar-refractivity contribution in [2.45, 2.75) is 20.3 Å². The molecule has 0 aliphatic carbocycles. The van der Waals surface area contributed by atoms with Gasteiger partial charge in [-0.25, -0.2) is 4.79 Å². The molecule has 0 saturated carbocycles. The van der Waals surface area contributed by atoms with Gasteiger partial charge in [-0.1, -0.05) is 25.4 Å². The molecule has 116 valence electrons. The average Bonchev–Trinajstić information content (AvgIpc) is 2.44. The molecule has 1 rings (SSSR count). The lowest BCUT2D eigenvalue weighted by molar-refractivity contribution is -0.124. The van der Waals surface area contributed by atoms with Crippen LogP contribution >= 0.6 is 11.6 Å². The number of halogens is 1. The van der Waals surface area contributed by atoms with Gasteiger partial charge in [0.2, 0.25) is 0 Å². The van der Waals surface area contributed by atoms with Gasteiger partial charge in [0.25, 0.3) is 5.91 Å². The molecule has 1 N–H and O–H groups in total. The average molecular weight is 314 g/mol. The highest BCUT2D eigenvalue weighted by atomic mass is 35.5. The number of carbonyl (C=O) groups is 2. The van der Waals surface area contributed by atoms with Crippen LogP contribution in [0.2, 0.25) is 5.02 Å². The molecule has 5 nitrogen and oxygen atoms in total. The molecule has 1 aromatic rings. The molecule has 0 heterocycles. The van der Waals surface area contributed by atoms with Gasteiger partial charge in [0, 0.05) is 11.6 Å². The van der Waals surface area contributed by atoms with E-state index in [1.807, 2.05) is 0 Å². The summed E-state index contributed by atoms with van der Waals surface area (Å²) in [5, 5.41) is 3.08. The summed E-state index contributed by atoms with van der Waals surface area (Å²) in [7, 11) is 1.44. The maximum Gasteiger partial charge on any atom is 0.342 e.